The van der Waals surface area contributed by atoms with Crippen molar-refractivity contribution in [2.45, 2.75) is 12.6 Å². The molecule has 0 saturated carbocycles. The topological polar surface area (TPSA) is 32.8 Å². The van der Waals surface area contributed by atoms with Crippen molar-refractivity contribution in [2.24, 2.45) is 0 Å². The lowest BCUT2D eigenvalue weighted by Gasteiger charge is -2.29. The predicted octanol–water partition coefficient (Wildman–Crippen LogP) is 3.10. The normalized spacial score (nSPS) is 12.1. The first-order valence-electron chi connectivity index (χ1n) is 7.72. The van der Waals surface area contributed by atoms with Gasteiger partial charge in [0.2, 0.25) is 5.91 Å². The van der Waals surface area contributed by atoms with Crippen LogP contribution in [0, 0.1) is 5.82 Å². The van der Waals surface area contributed by atoms with Crippen molar-refractivity contribution in [3.63, 3.8) is 0 Å². The van der Waals surface area contributed by atoms with Crippen molar-refractivity contribution in [3.05, 3.63) is 65.5 Å². The Kier molecular flexibility index (Phi) is 5.93. The highest BCUT2D eigenvalue weighted by atomic mass is 19.1. The van der Waals surface area contributed by atoms with Crippen molar-refractivity contribution >= 4 is 5.91 Å². The third-order valence-electron chi connectivity index (χ3n) is 3.88. The van der Waals surface area contributed by atoms with E-state index in [0.717, 1.165) is 11.1 Å². The van der Waals surface area contributed by atoms with Crippen LogP contribution in [0.3, 0.4) is 0 Å². The van der Waals surface area contributed by atoms with Gasteiger partial charge < -0.3 is 9.64 Å². The fourth-order valence-electron chi connectivity index (χ4n) is 2.65. The average molecular weight is 330 g/mol. The number of nitrogens with zero attached hydrogens (tertiary/aromatic N) is 2. The van der Waals surface area contributed by atoms with Gasteiger partial charge in [-0.3, -0.25) is 9.69 Å². The molecule has 2 aromatic rings. The molecular formula is C19H23FN2O2. The van der Waals surface area contributed by atoms with E-state index in [2.05, 4.69) is 0 Å². The zero-order valence-corrected chi connectivity index (χ0v) is 14.5. The summed E-state index contributed by atoms with van der Waals surface area (Å²) in [5.74, 6) is -0.207. The Hall–Kier alpha value is -2.40. The van der Waals surface area contributed by atoms with Crippen molar-refractivity contribution in [1.29, 1.82) is 0 Å². The Labute approximate surface area is 142 Å². The quantitative estimate of drug-likeness (QED) is 0.816. The predicted molar refractivity (Wildman–Crippen MR) is 92.3 cm³/mol. The number of carbonyl (C=O) groups excluding carboxylic acids is 1. The van der Waals surface area contributed by atoms with Crippen LogP contribution >= 0.6 is 0 Å². The fraction of sp³-hybridized carbons (Fsp3) is 0.316. The maximum Gasteiger partial charge on any atom is 0.244 e. The summed E-state index contributed by atoms with van der Waals surface area (Å²) >= 11 is 0. The molecule has 1 unspecified atom stereocenters. The summed E-state index contributed by atoms with van der Waals surface area (Å²) in [5, 5.41) is 0. The first-order valence-corrected chi connectivity index (χ1v) is 7.72. The average Bonchev–Trinajstić information content (AvgIpc) is 2.56. The number of rotatable bonds is 6. The van der Waals surface area contributed by atoms with Crippen LogP contribution in [-0.2, 0) is 11.3 Å². The van der Waals surface area contributed by atoms with Gasteiger partial charge in [-0.25, -0.2) is 4.39 Å². The smallest absolute Gasteiger partial charge is 0.244 e. The van der Waals surface area contributed by atoms with E-state index >= 15 is 0 Å². The van der Waals surface area contributed by atoms with E-state index in [0.29, 0.717) is 6.54 Å². The molecule has 0 aromatic heterocycles. The number of benzene rings is 2. The summed E-state index contributed by atoms with van der Waals surface area (Å²) < 4.78 is 18.8. The number of likely N-dealkylation sites (N-methyl/N-ethyl adjacent to an activating group) is 2. The molecule has 0 aliphatic carbocycles. The van der Waals surface area contributed by atoms with Gasteiger partial charge in [-0.1, -0.05) is 36.4 Å². The molecular weight excluding hydrogens is 307 g/mol. The van der Waals surface area contributed by atoms with Crippen molar-refractivity contribution in [3.8, 4) is 5.75 Å². The lowest BCUT2D eigenvalue weighted by molar-refractivity contribution is -0.134. The summed E-state index contributed by atoms with van der Waals surface area (Å²) in [6, 6.07) is 14.0. The van der Waals surface area contributed by atoms with Gasteiger partial charge >= 0.3 is 0 Å². The molecule has 2 aromatic carbocycles. The van der Waals surface area contributed by atoms with Gasteiger partial charge in [0.25, 0.3) is 0 Å². The Morgan fingerprint density at radius 2 is 1.79 bits per heavy atom. The number of hydrogen-bond donors (Lipinski definition) is 0. The zero-order chi connectivity index (χ0) is 17.7. The number of halogens is 1. The molecule has 0 aliphatic heterocycles. The standard InChI is InChI=1S/C19H23FN2O2/c1-21(2)19(23)18(15-8-6-5-7-9-15)22(3)13-14-10-11-17(24-4)16(20)12-14/h5-12,18H,13H2,1-4H3. The van der Waals surface area contributed by atoms with Gasteiger partial charge in [0.1, 0.15) is 6.04 Å². The third-order valence-corrected chi connectivity index (χ3v) is 3.88. The second-order valence-corrected chi connectivity index (χ2v) is 5.93. The summed E-state index contributed by atoms with van der Waals surface area (Å²) in [7, 11) is 6.77. The monoisotopic (exact) mass is 330 g/mol. The Balaban J connectivity index is 2.26. The van der Waals surface area contributed by atoms with E-state index in [1.54, 1.807) is 31.1 Å². The molecule has 0 bridgehead atoms. The molecule has 1 atom stereocenters. The number of hydrogen-bond acceptors (Lipinski definition) is 3. The van der Waals surface area contributed by atoms with Crippen LogP contribution in [0.5, 0.6) is 5.75 Å². The SMILES string of the molecule is COc1ccc(CN(C)C(C(=O)N(C)C)c2ccccc2)cc1F. The Morgan fingerprint density at radius 3 is 2.33 bits per heavy atom. The number of carbonyl (C=O) groups is 1. The summed E-state index contributed by atoms with van der Waals surface area (Å²) in [6.07, 6.45) is 0. The molecule has 0 radical (unpaired) electrons. The van der Waals surface area contributed by atoms with Gasteiger partial charge in [0, 0.05) is 20.6 Å². The first-order chi connectivity index (χ1) is 11.4. The summed E-state index contributed by atoms with van der Waals surface area (Å²) in [5.41, 5.74) is 1.69. The zero-order valence-electron chi connectivity index (χ0n) is 14.5. The number of ether oxygens (including phenoxy) is 1. The second kappa shape index (κ2) is 7.93. The molecule has 0 aliphatic rings. The maximum absolute atomic E-state index is 13.9. The first kappa shape index (κ1) is 17.9. The van der Waals surface area contributed by atoms with Crippen LogP contribution in [0.4, 0.5) is 4.39 Å². The van der Waals surface area contributed by atoms with Crippen molar-refractivity contribution in [1.82, 2.24) is 9.80 Å². The van der Waals surface area contributed by atoms with Crippen LogP contribution < -0.4 is 4.74 Å². The van der Waals surface area contributed by atoms with Gasteiger partial charge in [0.15, 0.2) is 11.6 Å². The molecule has 4 nitrogen and oxygen atoms in total. The molecule has 0 fully saturated rings. The van der Waals surface area contributed by atoms with E-state index in [-0.39, 0.29) is 11.7 Å². The third kappa shape index (κ3) is 4.11. The highest BCUT2D eigenvalue weighted by Crippen LogP contribution is 2.25. The highest BCUT2D eigenvalue weighted by Gasteiger charge is 2.26. The second-order valence-electron chi connectivity index (χ2n) is 5.93. The molecule has 0 saturated heterocycles. The van der Waals surface area contributed by atoms with Crippen LogP contribution in [0.25, 0.3) is 0 Å². The Morgan fingerprint density at radius 1 is 1.12 bits per heavy atom. The minimum Gasteiger partial charge on any atom is -0.494 e. The minimum absolute atomic E-state index is 0.0160. The molecule has 128 valence electrons. The van der Waals surface area contributed by atoms with Crippen LogP contribution in [0.1, 0.15) is 17.2 Å². The molecule has 1 amide bonds. The van der Waals surface area contributed by atoms with E-state index in [1.165, 1.54) is 13.2 Å². The fourth-order valence-corrected chi connectivity index (χ4v) is 2.65. The van der Waals surface area contributed by atoms with Gasteiger partial charge in [-0.15, -0.1) is 0 Å². The van der Waals surface area contributed by atoms with Gasteiger partial charge in [-0.2, -0.15) is 0 Å². The van der Waals surface area contributed by atoms with Gasteiger partial charge in [-0.05, 0) is 30.3 Å². The van der Waals surface area contributed by atoms with Gasteiger partial charge in [0.05, 0.1) is 7.11 Å². The minimum atomic E-state index is -0.425. The van der Waals surface area contributed by atoms with Crippen molar-refractivity contribution in [2.75, 3.05) is 28.3 Å². The summed E-state index contributed by atoms with van der Waals surface area (Å²) in [4.78, 5) is 16.1. The van der Waals surface area contributed by atoms with E-state index in [1.807, 2.05) is 42.3 Å². The van der Waals surface area contributed by atoms with Crippen molar-refractivity contribution < 1.29 is 13.9 Å². The van der Waals surface area contributed by atoms with E-state index in [9.17, 15) is 9.18 Å². The summed E-state index contributed by atoms with van der Waals surface area (Å²) in [6.45, 7) is 0.444. The maximum atomic E-state index is 13.9. The van der Waals surface area contributed by atoms with Crippen LogP contribution in [-0.4, -0.2) is 44.0 Å². The molecule has 2 rings (SSSR count). The lowest BCUT2D eigenvalue weighted by atomic mass is 10.0. The van der Waals surface area contributed by atoms with Crippen LogP contribution in [0.2, 0.25) is 0 Å². The molecule has 5 heteroatoms. The molecule has 24 heavy (non-hydrogen) atoms. The largest absolute Gasteiger partial charge is 0.494 e. The van der Waals surface area contributed by atoms with E-state index < -0.39 is 11.9 Å². The number of methoxy groups -OCH3 is 1. The molecule has 0 N–H and O–H groups in total. The highest BCUT2D eigenvalue weighted by molar-refractivity contribution is 5.82. The van der Waals surface area contributed by atoms with Crippen LogP contribution in [0.15, 0.2) is 48.5 Å². The van der Waals surface area contributed by atoms with E-state index in [4.69, 9.17) is 4.74 Å². The number of amides is 1. The lowest BCUT2D eigenvalue weighted by Crippen LogP contribution is -2.37. The molecule has 0 heterocycles. The molecule has 0 spiro atoms. The Bertz CT molecular complexity index is 689.